The van der Waals surface area contributed by atoms with Crippen LogP contribution in [0.1, 0.15) is 12.5 Å². The van der Waals surface area contributed by atoms with E-state index in [1.807, 2.05) is 37.5 Å². The third-order valence-electron chi connectivity index (χ3n) is 4.82. The first-order valence-corrected chi connectivity index (χ1v) is 9.45. The molecule has 3 rings (SSSR count). The maximum atomic E-state index is 11.8. The van der Waals surface area contributed by atoms with E-state index >= 15 is 0 Å². The minimum absolute atomic E-state index is 0.226. The van der Waals surface area contributed by atoms with Gasteiger partial charge in [0, 0.05) is 56.2 Å². The summed E-state index contributed by atoms with van der Waals surface area (Å²) < 4.78 is 15.9. The number of ether oxygens (including phenoxy) is 3. The Morgan fingerprint density at radius 2 is 1.86 bits per heavy atom. The van der Waals surface area contributed by atoms with Gasteiger partial charge in [0.25, 0.3) is 0 Å². The van der Waals surface area contributed by atoms with E-state index in [1.54, 1.807) is 19.1 Å². The molecule has 1 aliphatic rings. The molecule has 0 radical (unpaired) electrons. The maximum Gasteiger partial charge on any atom is 0.409 e. The fraction of sp³-hybridized carbons (Fsp3) is 0.429. The van der Waals surface area contributed by atoms with E-state index in [0.717, 1.165) is 47.8 Å². The second-order valence-electron chi connectivity index (χ2n) is 6.61. The number of hydrogen-bond acceptors (Lipinski definition) is 6. The third-order valence-corrected chi connectivity index (χ3v) is 4.82. The van der Waals surface area contributed by atoms with Gasteiger partial charge in [-0.3, -0.25) is 9.88 Å². The number of rotatable bonds is 6. The second kappa shape index (κ2) is 9.41. The molecular weight excluding hydrogens is 358 g/mol. The number of carbonyl (C=O) groups is 1. The Bertz CT molecular complexity index is 804. The van der Waals surface area contributed by atoms with Crippen LogP contribution in [0, 0.1) is 0 Å². The van der Waals surface area contributed by atoms with E-state index in [1.165, 1.54) is 0 Å². The number of carbonyl (C=O) groups excluding carboxylic acids is 1. The minimum atomic E-state index is -0.226. The van der Waals surface area contributed by atoms with Crippen molar-refractivity contribution in [3.63, 3.8) is 0 Å². The quantitative estimate of drug-likeness (QED) is 0.762. The van der Waals surface area contributed by atoms with Crippen LogP contribution in [0.3, 0.4) is 0 Å². The lowest BCUT2D eigenvalue weighted by Crippen LogP contribution is -2.48. The van der Waals surface area contributed by atoms with Gasteiger partial charge >= 0.3 is 6.09 Å². The molecular formula is C21H27N3O4. The van der Waals surface area contributed by atoms with Crippen molar-refractivity contribution in [2.24, 2.45) is 0 Å². The molecule has 1 saturated heterocycles. The first-order valence-electron chi connectivity index (χ1n) is 9.45. The zero-order valence-corrected chi connectivity index (χ0v) is 16.7. The standard InChI is InChI=1S/C21H27N3O4/c1-4-28-21(25)24-9-7-23(8-10-24)15-16-11-17(14-22-13-16)19-12-18(26-2)5-6-20(19)27-3/h5-6,11-14H,4,7-10,15H2,1-3H3. The zero-order valence-electron chi connectivity index (χ0n) is 16.7. The molecule has 0 saturated carbocycles. The zero-order chi connectivity index (χ0) is 19.9. The smallest absolute Gasteiger partial charge is 0.409 e. The monoisotopic (exact) mass is 385 g/mol. The van der Waals surface area contributed by atoms with Gasteiger partial charge in [-0.25, -0.2) is 4.79 Å². The van der Waals surface area contributed by atoms with Crippen molar-refractivity contribution in [3.8, 4) is 22.6 Å². The van der Waals surface area contributed by atoms with E-state index in [-0.39, 0.29) is 6.09 Å². The van der Waals surface area contributed by atoms with Crippen LogP contribution in [-0.4, -0.2) is 67.9 Å². The molecule has 150 valence electrons. The van der Waals surface area contributed by atoms with Crippen LogP contribution in [0.2, 0.25) is 0 Å². The Morgan fingerprint density at radius 3 is 2.54 bits per heavy atom. The van der Waals surface area contributed by atoms with Crippen LogP contribution in [0.15, 0.2) is 36.7 Å². The molecule has 1 fully saturated rings. The highest BCUT2D eigenvalue weighted by Gasteiger charge is 2.22. The number of nitrogens with zero attached hydrogens (tertiary/aromatic N) is 3. The average molecular weight is 385 g/mol. The lowest BCUT2D eigenvalue weighted by molar-refractivity contribution is 0.0778. The predicted molar refractivity (Wildman–Crippen MR) is 107 cm³/mol. The Balaban J connectivity index is 1.69. The van der Waals surface area contributed by atoms with E-state index in [2.05, 4.69) is 16.0 Å². The van der Waals surface area contributed by atoms with Gasteiger partial charge in [-0.15, -0.1) is 0 Å². The van der Waals surface area contributed by atoms with Crippen LogP contribution in [0.5, 0.6) is 11.5 Å². The van der Waals surface area contributed by atoms with Gasteiger partial charge in [-0.2, -0.15) is 0 Å². The fourth-order valence-electron chi connectivity index (χ4n) is 3.32. The summed E-state index contributed by atoms with van der Waals surface area (Å²) in [7, 11) is 3.31. The molecule has 7 heteroatoms. The number of amides is 1. The highest BCUT2D eigenvalue weighted by Crippen LogP contribution is 2.33. The summed E-state index contributed by atoms with van der Waals surface area (Å²) in [4.78, 5) is 20.3. The van der Waals surface area contributed by atoms with Crippen molar-refractivity contribution in [2.45, 2.75) is 13.5 Å². The lowest BCUT2D eigenvalue weighted by Gasteiger charge is -2.34. The van der Waals surface area contributed by atoms with Crippen molar-refractivity contribution < 1.29 is 19.0 Å². The SMILES string of the molecule is CCOC(=O)N1CCN(Cc2cncc(-c3cc(OC)ccc3OC)c2)CC1. The molecule has 0 N–H and O–H groups in total. The third kappa shape index (κ3) is 4.72. The van der Waals surface area contributed by atoms with Gasteiger partial charge in [0.1, 0.15) is 11.5 Å². The average Bonchev–Trinajstić information content (AvgIpc) is 2.74. The van der Waals surface area contributed by atoms with Gasteiger partial charge in [0.15, 0.2) is 0 Å². The van der Waals surface area contributed by atoms with Crippen LogP contribution in [0.25, 0.3) is 11.1 Å². The number of hydrogen-bond donors (Lipinski definition) is 0. The molecule has 1 amide bonds. The van der Waals surface area contributed by atoms with Crippen molar-refractivity contribution in [1.82, 2.24) is 14.8 Å². The lowest BCUT2D eigenvalue weighted by atomic mass is 10.0. The summed E-state index contributed by atoms with van der Waals surface area (Å²) in [5.74, 6) is 1.55. The Kier molecular flexibility index (Phi) is 6.71. The second-order valence-corrected chi connectivity index (χ2v) is 6.61. The Hall–Kier alpha value is -2.80. The molecule has 0 atom stereocenters. The van der Waals surface area contributed by atoms with E-state index in [9.17, 15) is 4.79 Å². The highest BCUT2D eigenvalue weighted by atomic mass is 16.6. The van der Waals surface area contributed by atoms with Crippen molar-refractivity contribution in [3.05, 3.63) is 42.2 Å². The van der Waals surface area contributed by atoms with Crippen molar-refractivity contribution in [1.29, 1.82) is 0 Å². The molecule has 0 aliphatic carbocycles. The number of pyridine rings is 1. The van der Waals surface area contributed by atoms with E-state index in [0.29, 0.717) is 19.7 Å². The van der Waals surface area contributed by atoms with Crippen LogP contribution >= 0.6 is 0 Å². The van der Waals surface area contributed by atoms with Gasteiger partial charge in [0.05, 0.1) is 20.8 Å². The number of benzene rings is 1. The van der Waals surface area contributed by atoms with Crippen LogP contribution < -0.4 is 9.47 Å². The summed E-state index contributed by atoms with van der Waals surface area (Å²) in [6.45, 7) is 5.99. The summed E-state index contributed by atoms with van der Waals surface area (Å²) in [5.41, 5.74) is 3.05. The van der Waals surface area contributed by atoms with Crippen LogP contribution in [-0.2, 0) is 11.3 Å². The number of piperazine rings is 1. The molecule has 1 aromatic heterocycles. The predicted octanol–water partition coefficient (Wildman–Crippen LogP) is 3.04. The van der Waals surface area contributed by atoms with Crippen molar-refractivity contribution in [2.75, 3.05) is 47.0 Å². The molecule has 2 heterocycles. The summed E-state index contributed by atoms with van der Waals surface area (Å²) in [6.07, 6.45) is 3.49. The number of aromatic nitrogens is 1. The molecule has 0 spiro atoms. The highest BCUT2D eigenvalue weighted by molar-refractivity contribution is 5.72. The Morgan fingerprint density at radius 1 is 1.07 bits per heavy atom. The molecule has 1 aromatic carbocycles. The Labute approximate surface area is 165 Å². The summed E-state index contributed by atoms with van der Waals surface area (Å²) >= 11 is 0. The van der Waals surface area contributed by atoms with E-state index < -0.39 is 0 Å². The van der Waals surface area contributed by atoms with Crippen LogP contribution in [0.4, 0.5) is 4.79 Å². The molecule has 7 nitrogen and oxygen atoms in total. The molecule has 0 bridgehead atoms. The maximum absolute atomic E-state index is 11.8. The first kappa shape index (κ1) is 19.9. The fourth-order valence-corrected chi connectivity index (χ4v) is 3.32. The van der Waals surface area contributed by atoms with Gasteiger partial charge in [-0.05, 0) is 36.8 Å². The van der Waals surface area contributed by atoms with Gasteiger partial charge < -0.3 is 19.1 Å². The minimum Gasteiger partial charge on any atom is -0.497 e. The normalized spacial score (nSPS) is 14.6. The molecule has 1 aliphatic heterocycles. The molecule has 2 aromatic rings. The van der Waals surface area contributed by atoms with Crippen molar-refractivity contribution >= 4 is 6.09 Å². The largest absolute Gasteiger partial charge is 0.497 e. The van der Waals surface area contributed by atoms with E-state index in [4.69, 9.17) is 14.2 Å². The van der Waals surface area contributed by atoms with Gasteiger partial charge in [0.2, 0.25) is 0 Å². The topological polar surface area (TPSA) is 64.1 Å². The summed E-state index contributed by atoms with van der Waals surface area (Å²) in [5, 5.41) is 0. The molecule has 28 heavy (non-hydrogen) atoms. The summed E-state index contributed by atoms with van der Waals surface area (Å²) in [6, 6.07) is 7.86. The molecule has 0 unspecified atom stereocenters. The number of methoxy groups -OCH3 is 2. The van der Waals surface area contributed by atoms with Gasteiger partial charge in [-0.1, -0.05) is 0 Å². The first-order chi connectivity index (χ1) is 13.6.